The molecule has 15 heavy (non-hydrogen) atoms. The summed E-state index contributed by atoms with van der Waals surface area (Å²) in [6, 6.07) is 4.05. The van der Waals surface area contributed by atoms with Gasteiger partial charge in [-0.15, -0.1) is 0 Å². The number of pyridine rings is 1. The molecule has 0 bridgehead atoms. The minimum Gasteiger partial charge on any atom is -0.378 e. The van der Waals surface area contributed by atoms with Gasteiger partial charge in [-0.05, 0) is 12.1 Å². The van der Waals surface area contributed by atoms with Crippen molar-refractivity contribution < 1.29 is 4.74 Å². The number of nitrogens with zero attached hydrogens (tertiary/aromatic N) is 1. The molecule has 0 amide bonds. The van der Waals surface area contributed by atoms with Crippen molar-refractivity contribution in [3.63, 3.8) is 0 Å². The average molecular weight is 228 g/mol. The molecule has 0 saturated carbocycles. The van der Waals surface area contributed by atoms with Crippen molar-refractivity contribution in [3.05, 3.63) is 23.4 Å². The number of hydrogen-bond donors (Lipinski definition) is 2. The molecule has 1 aromatic rings. The first kappa shape index (κ1) is 10.7. The number of anilines is 1. The lowest BCUT2D eigenvalue weighted by molar-refractivity contribution is 0.0806. The van der Waals surface area contributed by atoms with Gasteiger partial charge in [0.25, 0.3) is 0 Å². The van der Waals surface area contributed by atoms with Gasteiger partial charge >= 0.3 is 0 Å². The van der Waals surface area contributed by atoms with Gasteiger partial charge in [-0.2, -0.15) is 0 Å². The number of rotatable bonds is 3. The van der Waals surface area contributed by atoms with E-state index in [1.54, 1.807) is 6.20 Å². The zero-order valence-corrected chi connectivity index (χ0v) is 9.13. The molecule has 1 unspecified atom stereocenters. The molecule has 2 N–H and O–H groups in total. The lowest BCUT2D eigenvalue weighted by Crippen LogP contribution is -2.45. The van der Waals surface area contributed by atoms with E-state index < -0.39 is 0 Å². The van der Waals surface area contributed by atoms with Gasteiger partial charge in [0.05, 0.1) is 18.2 Å². The zero-order chi connectivity index (χ0) is 10.5. The Labute approximate surface area is 94.0 Å². The third kappa shape index (κ3) is 3.34. The van der Waals surface area contributed by atoms with E-state index >= 15 is 0 Å². The van der Waals surface area contributed by atoms with Gasteiger partial charge in [0.15, 0.2) is 0 Å². The molecule has 1 saturated heterocycles. The maximum absolute atomic E-state index is 5.74. The Morgan fingerprint density at radius 3 is 3.20 bits per heavy atom. The van der Waals surface area contributed by atoms with E-state index in [1.807, 2.05) is 12.1 Å². The largest absolute Gasteiger partial charge is 0.378 e. The average Bonchev–Trinajstić information content (AvgIpc) is 2.30. The second-order valence-electron chi connectivity index (χ2n) is 3.47. The highest BCUT2D eigenvalue weighted by Gasteiger charge is 2.12. The SMILES string of the molecule is Clc1ccc(NCC2COCCN2)nc1. The minimum absolute atomic E-state index is 0.358. The molecule has 0 aliphatic carbocycles. The summed E-state index contributed by atoms with van der Waals surface area (Å²) in [5.74, 6) is 0.840. The number of aromatic nitrogens is 1. The number of nitrogens with one attached hydrogen (secondary N) is 2. The third-order valence-electron chi connectivity index (χ3n) is 2.26. The van der Waals surface area contributed by atoms with Gasteiger partial charge in [0, 0.05) is 25.3 Å². The molecule has 0 spiro atoms. The number of hydrogen-bond acceptors (Lipinski definition) is 4. The van der Waals surface area contributed by atoms with Crippen molar-refractivity contribution in [1.29, 1.82) is 0 Å². The Morgan fingerprint density at radius 2 is 2.53 bits per heavy atom. The van der Waals surface area contributed by atoms with Crippen LogP contribution in [-0.4, -0.2) is 37.3 Å². The van der Waals surface area contributed by atoms with Gasteiger partial charge in [0.2, 0.25) is 0 Å². The van der Waals surface area contributed by atoms with Gasteiger partial charge in [-0.1, -0.05) is 11.6 Å². The van der Waals surface area contributed by atoms with Crippen molar-refractivity contribution in [2.24, 2.45) is 0 Å². The standard InChI is InChI=1S/C10H14ClN3O/c11-8-1-2-10(13-5-8)14-6-9-7-15-4-3-12-9/h1-2,5,9,12H,3-4,6-7H2,(H,13,14). The summed E-state index contributed by atoms with van der Waals surface area (Å²) < 4.78 is 5.35. The molecule has 1 atom stereocenters. The fraction of sp³-hybridized carbons (Fsp3) is 0.500. The highest BCUT2D eigenvalue weighted by atomic mass is 35.5. The van der Waals surface area contributed by atoms with Crippen LogP contribution in [0.2, 0.25) is 5.02 Å². The van der Waals surface area contributed by atoms with Gasteiger partial charge in [0.1, 0.15) is 5.82 Å². The molecule has 0 aromatic carbocycles. The fourth-order valence-corrected chi connectivity index (χ4v) is 1.57. The topological polar surface area (TPSA) is 46.2 Å². The number of halogens is 1. The van der Waals surface area contributed by atoms with E-state index in [1.165, 1.54) is 0 Å². The van der Waals surface area contributed by atoms with Crippen molar-refractivity contribution in [2.75, 3.05) is 31.6 Å². The highest BCUT2D eigenvalue weighted by Crippen LogP contribution is 2.09. The molecule has 0 radical (unpaired) electrons. The summed E-state index contributed by atoms with van der Waals surface area (Å²) >= 11 is 5.74. The van der Waals surface area contributed by atoms with Crippen LogP contribution in [-0.2, 0) is 4.74 Å². The van der Waals surface area contributed by atoms with E-state index in [-0.39, 0.29) is 0 Å². The normalized spacial score (nSPS) is 21.3. The van der Waals surface area contributed by atoms with E-state index in [4.69, 9.17) is 16.3 Å². The van der Waals surface area contributed by atoms with Crippen LogP contribution in [0, 0.1) is 0 Å². The first-order valence-corrected chi connectivity index (χ1v) is 5.39. The number of ether oxygens (including phenoxy) is 1. The Bertz CT molecular complexity index is 298. The van der Waals surface area contributed by atoms with Gasteiger partial charge < -0.3 is 15.4 Å². The monoisotopic (exact) mass is 227 g/mol. The highest BCUT2D eigenvalue weighted by molar-refractivity contribution is 6.30. The summed E-state index contributed by atoms with van der Waals surface area (Å²) in [4.78, 5) is 4.15. The lowest BCUT2D eigenvalue weighted by Gasteiger charge is -2.24. The van der Waals surface area contributed by atoms with E-state index in [9.17, 15) is 0 Å². The maximum atomic E-state index is 5.74. The second kappa shape index (κ2) is 5.30. The third-order valence-corrected chi connectivity index (χ3v) is 2.48. The molecule has 2 heterocycles. The Balaban J connectivity index is 1.79. The summed E-state index contributed by atoms with van der Waals surface area (Å²) in [5.41, 5.74) is 0. The van der Waals surface area contributed by atoms with Crippen molar-refractivity contribution in [1.82, 2.24) is 10.3 Å². The van der Waals surface area contributed by atoms with Crippen molar-refractivity contribution >= 4 is 17.4 Å². The van der Waals surface area contributed by atoms with Crippen LogP contribution in [0.15, 0.2) is 18.3 Å². The predicted octanol–water partition coefficient (Wildman–Crippen LogP) is 1.14. The van der Waals surface area contributed by atoms with Crippen LogP contribution in [0.1, 0.15) is 0 Å². The summed E-state index contributed by atoms with van der Waals surface area (Å²) in [6.45, 7) is 3.28. The summed E-state index contributed by atoms with van der Waals surface area (Å²) in [7, 11) is 0. The molecule has 1 aromatic heterocycles. The fourth-order valence-electron chi connectivity index (χ4n) is 1.46. The molecule has 1 fully saturated rings. The van der Waals surface area contributed by atoms with Gasteiger partial charge in [-0.3, -0.25) is 0 Å². The lowest BCUT2D eigenvalue weighted by atomic mass is 10.3. The molecule has 5 heteroatoms. The molecular formula is C10H14ClN3O. The van der Waals surface area contributed by atoms with Crippen molar-refractivity contribution in [3.8, 4) is 0 Å². The Hall–Kier alpha value is -0.840. The van der Waals surface area contributed by atoms with E-state index in [0.717, 1.165) is 32.1 Å². The molecule has 1 aliphatic rings. The van der Waals surface area contributed by atoms with Crippen LogP contribution in [0.25, 0.3) is 0 Å². The molecule has 82 valence electrons. The van der Waals surface area contributed by atoms with Crippen LogP contribution >= 0.6 is 11.6 Å². The van der Waals surface area contributed by atoms with Crippen LogP contribution in [0.4, 0.5) is 5.82 Å². The van der Waals surface area contributed by atoms with E-state index in [0.29, 0.717) is 11.1 Å². The van der Waals surface area contributed by atoms with Crippen LogP contribution in [0.3, 0.4) is 0 Å². The predicted molar refractivity (Wildman–Crippen MR) is 60.3 cm³/mol. The summed E-state index contributed by atoms with van der Waals surface area (Å²) in [6.07, 6.45) is 1.63. The van der Waals surface area contributed by atoms with Gasteiger partial charge in [-0.25, -0.2) is 4.98 Å². The Morgan fingerprint density at radius 1 is 1.60 bits per heavy atom. The summed E-state index contributed by atoms with van der Waals surface area (Å²) in [5, 5.41) is 7.24. The number of morpholine rings is 1. The van der Waals surface area contributed by atoms with Crippen LogP contribution in [0.5, 0.6) is 0 Å². The van der Waals surface area contributed by atoms with E-state index in [2.05, 4.69) is 15.6 Å². The first-order valence-electron chi connectivity index (χ1n) is 5.01. The second-order valence-corrected chi connectivity index (χ2v) is 3.90. The Kier molecular flexibility index (Phi) is 3.77. The molecule has 2 rings (SSSR count). The quantitative estimate of drug-likeness (QED) is 0.813. The van der Waals surface area contributed by atoms with Crippen LogP contribution < -0.4 is 10.6 Å². The minimum atomic E-state index is 0.358. The molecule has 4 nitrogen and oxygen atoms in total. The van der Waals surface area contributed by atoms with Crippen molar-refractivity contribution in [2.45, 2.75) is 6.04 Å². The smallest absolute Gasteiger partial charge is 0.126 e. The first-order chi connectivity index (χ1) is 7.34. The molecular weight excluding hydrogens is 214 g/mol. The molecule has 1 aliphatic heterocycles. The zero-order valence-electron chi connectivity index (χ0n) is 8.37. The maximum Gasteiger partial charge on any atom is 0.126 e.